The SMILES string of the molecule is COC1CCC(NC(=O)c2ccc(C)cc2NN)C1. The van der Waals surface area contributed by atoms with Crippen LogP contribution in [0.4, 0.5) is 5.69 Å². The van der Waals surface area contributed by atoms with Crippen molar-refractivity contribution in [2.75, 3.05) is 12.5 Å². The fraction of sp³-hybridized carbons (Fsp3) is 0.500. The van der Waals surface area contributed by atoms with Gasteiger partial charge in [0.2, 0.25) is 0 Å². The van der Waals surface area contributed by atoms with Crippen LogP contribution in [0.5, 0.6) is 0 Å². The maximum absolute atomic E-state index is 12.2. The second kappa shape index (κ2) is 6.04. The third-order valence-electron chi connectivity index (χ3n) is 3.63. The third-order valence-corrected chi connectivity index (χ3v) is 3.63. The number of benzene rings is 1. The summed E-state index contributed by atoms with van der Waals surface area (Å²) in [5.74, 6) is 5.37. The maximum atomic E-state index is 12.2. The lowest BCUT2D eigenvalue weighted by Crippen LogP contribution is -2.34. The van der Waals surface area contributed by atoms with E-state index in [0.29, 0.717) is 11.3 Å². The largest absolute Gasteiger partial charge is 0.381 e. The van der Waals surface area contributed by atoms with Crippen molar-refractivity contribution in [2.24, 2.45) is 5.84 Å². The van der Waals surface area contributed by atoms with Crippen molar-refractivity contribution in [1.82, 2.24) is 5.32 Å². The molecule has 1 aromatic rings. The number of hydrazine groups is 1. The van der Waals surface area contributed by atoms with Crippen molar-refractivity contribution in [1.29, 1.82) is 0 Å². The fourth-order valence-corrected chi connectivity index (χ4v) is 2.52. The summed E-state index contributed by atoms with van der Waals surface area (Å²) in [6.45, 7) is 1.96. The van der Waals surface area contributed by atoms with Crippen LogP contribution in [0.2, 0.25) is 0 Å². The molecule has 2 unspecified atom stereocenters. The Morgan fingerprint density at radius 2 is 2.21 bits per heavy atom. The van der Waals surface area contributed by atoms with Crippen LogP contribution in [-0.4, -0.2) is 25.2 Å². The number of aryl methyl sites for hydroxylation is 1. The fourth-order valence-electron chi connectivity index (χ4n) is 2.52. The summed E-state index contributed by atoms with van der Waals surface area (Å²) in [5, 5.41) is 3.04. The van der Waals surface area contributed by atoms with Gasteiger partial charge in [0.15, 0.2) is 0 Å². The van der Waals surface area contributed by atoms with Crippen LogP contribution >= 0.6 is 0 Å². The van der Waals surface area contributed by atoms with Crippen molar-refractivity contribution in [3.8, 4) is 0 Å². The summed E-state index contributed by atoms with van der Waals surface area (Å²) < 4.78 is 5.31. The van der Waals surface area contributed by atoms with Crippen molar-refractivity contribution in [3.05, 3.63) is 29.3 Å². The highest BCUT2D eigenvalue weighted by atomic mass is 16.5. The monoisotopic (exact) mass is 263 g/mol. The highest BCUT2D eigenvalue weighted by Gasteiger charge is 2.26. The van der Waals surface area contributed by atoms with Gasteiger partial charge in [0.25, 0.3) is 5.91 Å². The number of methoxy groups -OCH3 is 1. The number of carbonyl (C=O) groups is 1. The normalized spacial score (nSPS) is 22.3. The molecule has 1 saturated carbocycles. The van der Waals surface area contributed by atoms with E-state index in [1.165, 1.54) is 0 Å². The van der Waals surface area contributed by atoms with E-state index < -0.39 is 0 Å². The molecule has 0 aliphatic heterocycles. The van der Waals surface area contributed by atoms with Gasteiger partial charge in [-0.3, -0.25) is 10.6 Å². The molecule has 1 aliphatic carbocycles. The van der Waals surface area contributed by atoms with Gasteiger partial charge in [-0.05, 0) is 43.9 Å². The van der Waals surface area contributed by atoms with E-state index in [-0.39, 0.29) is 18.1 Å². The number of nitrogens with two attached hydrogens (primary N) is 1. The summed E-state index contributed by atoms with van der Waals surface area (Å²) in [5.41, 5.74) is 4.87. The summed E-state index contributed by atoms with van der Waals surface area (Å²) in [6.07, 6.45) is 3.09. The number of rotatable bonds is 4. The third kappa shape index (κ3) is 3.24. The van der Waals surface area contributed by atoms with Gasteiger partial charge in [-0.1, -0.05) is 6.07 Å². The van der Waals surface area contributed by atoms with Crippen LogP contribution in [-0.2, 0) is 4.74 Å². The standard InChI is InChI=1S/C14H21N3O2/c1-9-3-6-12(13(7-9)17-15)14(18)16-10-4-5-11(8-10)19-2/h3,6-7,10-11,17H,4-5,8,15H2,1-2H3,(H,16,18). The average molecular weight is 263 g/mol. The summed E-state index contributed by atoms with van der Waals surface area (Å²) in [6, 6.07) is 5.75. The molecule has 19 heavy (non-hydrogen) atoms. The molecule has 1 aliphatic rings. The van der Waals surface area contributed by atoms with Crippen LogP contribution < -0.4 is 16.6 Å². The van der Waals surface area contributed by atoms with Crippen LogP contribution in [0.1, 0.15) is 35.2 Å². The van der Waals surface area contributed by atoms with Gasteiger partial charge in [0.05, 0.1) is 17.4 Å². The van der Waals surface area contributed by atoms with Gasteiger partial charge in [-0.2, -0.15) is 0 Å². The highest BCUT2D eigenvalue weighted by Crippen LogP contribution is 2.23. The molecule has 5 heteroatoms. The zero-order chi connectivity index (χ0) is 13.8. The molecule has 1 amide bonds. The second-order valence-electron chi connectivity index (χ2n) is 5.03. The van der Waals surface area contributed by atoms with Crippen molar-refractivity contribution in [3.63, 3.8) is 0 Å². The second-order valence-corrected chi connectivity index (χ2v) is 5.03. The van der Waals surface area contributed by atoms with E-state index in [1.54, 1.807) is 13.2 Å². The molecule has 0 radical (unpaired) electrons. The number of carbonyl (C=O) groups excluding carboxylic acids is 1. The summed E-state index contributed by atoms with van der Waals surface area (Å²) >= 11 is 0. The molecule has 0 aromatic heterocycles. The molecule has 1 aromatic carbocycles. The first-order valence-corrected chi connectivity index (χ1v) is 6.55. The summed E-state index contributed by atoms with van der Waals surface area (Å²) in [7, 11) is 1.71. The molecule has 2 atom stereocenters. The molecule has 0 saturated heterocycles. The first-order chi connectivity index (χ1) is 9.13. The molecular formula is C14H21N3O2. The Kier molecular flexibility index (Phi) is 4.39. The number of nitrogens with one attached hydrogen (secondary N) is 2. The Bertz CT molecular complexity index is 462. The molecule has 2 rings (SSSR count). The first-order valence-electron chi connectivity index (χ1n) is 6.55. The Balaban J connectivity index is 2.04. The zero-order valence-electron chi connectivity index (χ0n) is 11.4. The van der Waals surface area contributed by atoms with Crippen LogP contribution in [0.3, 0.4) is 0 Å². The Morgan fingerprint density at radius 1 is 1.42 bits per heavy atom. The number of nitrogen functional groups attached to an aromatic ring is 1. The highest BCUT2D eigenvalue weighted by molar-refractivity contribution is 5.99. The zero-order valence-corrected chi connectivity index (χ0v) is 11.4. The van der Waals surface area contributed by atoms with Gasteiger partial charge in [0.1, 0.15) is 0 Å². The Labute approximate surface area is 113 Å². The lowest BCUT2D eigenvalue weighted by atomic mass is 10.1. The molecule has 4 N–H and O–H groups in total. The minimum atomic E-state index is -0.0882. The molecule has 5 nitrogen and oxygen atoms in total. The number of hydrogen-bond acceptors (Lipinski definition) is 4. The molecule has 104 valence electrons. The Hall–Kier alpha value is -1.59. The van der Waals surface area contributed by atoms with Crippen molar-refractivity contribution < 1.29 is 9.53 Å². The molecule has 0 heterocycles. The van der Waals surface area contributed by atoms with E-state index in [0.717, 1.165) is 24.8 Å². The van der Waals surface area contributed by atoms with E-state index in [2.05, 4.69) is 10.7 Å². The topological polar surface area (TPSA) is 76.4 Å². The number of amides is 1. The predicted octanol–water partition coefficient (Wildman–Crippen LogP) is 1.58. The van der Waals surface area contributed by atoms with Crippen molar-refractivity contribution >= 4 is 11.6 Å². The number of hydrogen-bond donors (Lipinski definition) is 3. The minimum absolute atomic E-state index is 0.0882. The number of anilines is 1. The van der Waals surface area contributed by atoms with Crippen LogP contribution in [0.25, 0.3) is 0 Å². The molecule has 0 bridgehead atoms. The van der Waals surface area contributed by atoms with Gasteiger partial charge >= 0.3 is 0 Å². The lowest BCUT2D eigenvalue weighted by Gasteiger charge is -2.15. The van der Waals surface area contributed by atoms with Crippen LogP contribution in [0, 0.1) is 6.92 Å². The van der Waals surface area contributed by atoms with E-state index in [1.807, 2.05) is 19.1 Å². The van der Waals surface area contributed by atoms with Crippen LogP contribution in [0.15, 0.2) is 18.2 Å². The maximum Gasteiger partial charge on any atom is 0.253 e. The summed E-state index contributed by atoms with van der Waals surface area (Å²) in [4.78, 5) is 12.2. The smallest absolute Gasteiger partial charge is 0.253 e. The van der Waals surface area contributed by atoms with Gasteiger partial charge < -0.3 is 15.5 Å². The van der Waals surface area contributed by atoms with Crippen molar-refractivity contribution in [2.45, 2.75) is 38.3 Å². The van der Waals surface area contributed by atoms with Gasteiger partial charge in [-0.25, -0.2) is 0 Å². The molecule has 0 spiro atoms. The van der Waals surface area contributed by atoms with Gasteiger partial charge in [0, 0.05) is 13.2 Å². The van der Waals surface area contributed by atoms with Gasteiger partial charge in [-0.15, -0.1) is 0 Å². The van der Waals surface area contributed by atoms with E-state index >= 15 is 0 Å². The number of ether oxygens (including phenoxy) is 1. The minimum Gasteiger partial charge on any atom is -0.381 e. The predicted molar refractivity (Wildman–Crippen MR) is 74.9 cm³/mol. The average Bonchev–Trinajstić information content (AvgIpc) is 2.86. The quantitative estimate of drug-likeness (QED) is 0.569. The first kappa shape index (κ1) is 13.8. The Morgan fingerprint density at radius 3 is 2.84 bits per heavy atom. The lowest BCUT2D eigenvalue weighted by molar-refractivity contribution is 0.0915. The van der Waals surface area contributed by atoms with E-state index in [9.17, 15) is 4.79 Å². The molecule has 1 fully saturated rings. The van der Waals surface area contributed by atoms with E-state index in [4.69, 9.17) is 10.6 Å². The molecular weight excluding hydrogens is 242 g/mol.